The molecule has 7 heteroatoms. The van der Waals surface area contributed by atoms with Gasteiger partial charge in [0, 0.05) is 12.7 Å². The first-order valence-electron chi connectivity index (χ1n) is 8.05. The number of nitrogens with one attached hydrogen (secondary N) is 1. The van der Waals surface area contributed by atoms with Crippen molar-refractivity contribution in [2.45, 2.75) is 19.3 Å². The molecular weight excluding hydrogens is 318 g/mol. The van der Waals surface area contributed by atoms with Crippen LogP contribution in [0.2, 0.25) is 0 Å². The van der Waals surface area contributed by atoms with E-state index in [-0.39, 0.29) is 17.5 Å². The Morgan fingerprint density at radius 2 is 1.76 bits per heavy atom. The molecule has 0 spiro atoms. The van der Waals surface area contributed by atoms with Gasteiger partial charge in [0.05, 0.1) is 11.6 Å². The number of anilines is 1. The van der Waals surface area contributed by atoms with Gasteiger partial charge in [0.15, 0.2) is 0 Å². The second-order valence-corrected chi connectivity index (χ2v) is 5.70. The Kier molecular flexibility index (Phi) is 4.74. The van der Waals surface area contributed by atoms with Gasteiger partial charge in [-0.2, -0.15) is 9.36 Å². The van der Waals surface area contributed by atoms with Crippen LogP contribution in [0.15, 0.2) is 59.4 Å². The van der Waals surface area contributed by atoms with Crippen LogP contribution in [0.4, 0.5) is 5.69 Å². The van der Waals surface area contributed by atoms with E-state index in [4.69, 9.17) is 0 Å². The van der Waals surface area contributed by atoms with Crippen LogP contribution in [0.3, 0.4) is 0 Å². The summed E-state index contributed by atoms with van der Waals surface area (Å²) in [6.45, 7) is 1.99. The van der Waals surface area contributed by atoms with Crippen LogP contribution in [0.1, 0.15) is 24.8 Å². The summed E-state index contributed by atoms with van der Waals surface area (Å²) in [5.41, 5.74) is 1.92. The SMILES string of the molecule is CC[C@H](C(=O)Nc1ccc(-n2nnn(C)c2=O)cc1)c1ccccc1. The first-order chi connectivity index (χ1) is 12.1. The van der Waals surface area contributed by atoms with E-state index in [1.54, 1.807) is 24.3 Å². The monoisotopic (exact) mass is 337 g/mol. The van der Waals surface area contributed by atoms with E-state index < -0.39 is 0 Å². The van der Waals surface area contributed by atoms with Crippen LogP contribution >= 0.6 is 0 Å². The molecule has 0 radical (unpaired) electrons. The Hall–Kier alpha value is -3.22. The fraction of sp³-hybridized carbons (Fsp3) is 0.222. The highest BCUT2D eigenvalue weighted by Gasteiger charge is 2.18. The van der Waals surface area contributed by atoms with Crippen LogP contribution < -0.4 is 11.0 Å². The fourth-order valence-corrected chi connectivity index (χ4v) is 2.65. The normalized spacial score (nSPS) is 11.9. The van der Waals surface area contributed by atoms with Crippen molar-refractivity contribution in [3.63, 3.8) is 0 Å². The summed E-state index contributed by atoms with van der Waals surface area (Å²) in [4.78, 5) is 24.4. The van der Waals surface area contributed by atoms with Crippen LogP contribution in [0.25, 0.3) is 5.69 Å². The lowest BCUT2D eigenvalue weighted by Crippen LogP contribution is -2.22. The average Bonchev–Trinajstić information content (AvgIpc) is 2.96. The third-order valence-corrected chi connectivity index (χ3v) is 4.03. The first kappa shape index (κ1) is 16.6. The summed E-state index contributed by atoms with van der Waals surface area (Å²) in [6, 6.07) is 16.6. The molecule has 0 unspecified atom stereocenters. The third kappa shape index (κ3) is 3.50. The molecule has 1 atom stereocenters. The van der Waals surface area contributed by atoms with Gasteiger partial charge in [-0.25, -0.2) is 4.79 Å². The maximum absolute atomic E-state index is 12.6. The van der Waals surface area contributed by atoms with E-state index in [9.17, 15) is 9.59 Å². The topological polar surface area (TPSA) is 81.8 Å². The molecule has 0 aliphatic heterocycles. The quantitative estimate of drug-likeness (QED) is 0.773. The van der Waals surface area contributed by atoms with Gasteiger partial charge in [0.2, 0.25) is 5.91 Å². The summed E-state index contributed by atoms with van der Waals surface area (Å²) in [7, 11) is 1.54. The molecule has 0 saturated carbocycles. The molecule has 1 aromatic heterocycles. The number of hydrogen-bond donors (Lipinski definition) is 1. The second-order valence-electron chi connectivity index (χ2n) is 5.70. The molecule has 7 nitrogen and oxygen atoms in total. The smallest absolute Gasteiger partial charge is 0.326 e. The van der Waals surface area contributed by atoms with Crippen LogP contribution in [-0.2, 0) is 11.8 Å². The number of tetrazole rings is 1. The number of rotatable bonds is 5. The fourth-order valence-electron chi connectivity index (χ4n) is 2.65. The third-order valence-electron chi connectivity index (χ3n) is 4.03. The first-order valence-corrected chi connectivity index (χ1v) is 8.05. The van der Waals surface area contributed by atoms with Crippen molar-refractivity contribution in [2.24, 2.45) is 7.05 Å². The number of carbonyl (C=O) groups is 1. The van der Waals surface area contributed by atoms with Crippen molar-refractivity contribution >= 4 is 11.6 Å². The maximum Gasteiger partial charge on any atom is 0.368 e. The lowest BCUT2D eigenvalue weighted by Gasteiger charge is -2.15. The zero-order valence-corrected chi connectivity index (χ0v) is 14.1. The Labute approximate surface area is 144 Å². The van der Waals surface area contributed by atoms with Gasteiger partial charge in [-0.3, -0.25) is 4.79 Å². The molecule has 1 heterocycles. The van der Waals surface area contributed by atoms with Gasteiger partial charge in [-0.1, -0.05) is 37.3 Å². The predicted molar refractivity (Wildman–Crippen MR) is 94.7 cm³/mol. The summed E-state index contributed by atoms with van der Waals surface area (Å²) in [6.07, 6.45) is 0.711. The van der Waals surface area contributed by atoms with Crippen LogP contribution in [0.5, 0.6) is 0 Å². The second kappa shape index (κ2) is 7.12. The number of amides is 1. The van der Waals surface area contributed by atoms with Crippen molar-refractivity contribution < 1.29 is 4.79 Å². The number of hydrogen-bond acceptors (Lipinski definition) is 4. The molecule has 1 N–H and O–H groups in total. The molecule has 0 aliphatic carbocycles. The molecule has 128 valence electrons. The van der Waals surface area contributed by atoms with Gasteiger partial charge in [0.25, 0.3) is 0 Å². The maximum atomic E-state index is 12.6. The Balaban J connectivity index is 1.76. The van der Waals surface area contributed by atoms with Gasteiger partial charge < -0.3 is 5.32 Å². The van der Waals surface area contributed by atoms with E-state index >= 15 is 0 Å². The zero-order valence-electron chi connectivity index (χ0n) is 14.1. The minimum atomic E-state index is -0.327. The van der Waals surface area contributed by atoms with Gasteiger partial charge >= 0.3 is 5.69 Å². The molecule has 0 bridgehead atoms. The number of aryl methyl sites for hydroxylation is 1. The summed E-state index contributed by atoms with van der Waals surface area (Å²) >= 11 is 0. The number of nitrogens with zero attached hydrogens (tertiary/aromatic N) is 4. The largest absolute Gasteiger partial charge is 0.368 e. The molecule has 1 amide bonds. The minimum Gasteiger partial charge on any atom is -0.326 e. The minimum absolute atomic E-state index is 0.0573. The van der Waals surface area contributed by atoms with Crippen molar-refractivity contribution in [1.29, 1.82) is 0 Å². The molecule has 3 aromatic rings. The summed E-state index contributed by atoms with van der Waals surface area (Å²) in [5, 5.41) is 10.4. The molecule has 3 rings (SSSR count). The number of carbonyl (C=O) groups excluding carboxylic acids is 1. The van der Waals surface area contributed by atoms with Gasteiger partial charge in [0.1, 0.15) is 0 Å². The summed E-state index contributed by atoms with van der Waals surface area (Å²) < 4.78 is 2.35. The molecular formula is C18H19N5O2. The average molecular weight is 337 g/mol. The van der Waals surface area contributed by atoms with Crippen molar-refractivity contribution in [3.8, 4) is 5.69 Å². The lowest BCUT2D eigenvalue weighted by molar-refractivity contribution is -0.117. The molecule has 2 aromatic carbocycles. The molecule has 0 fully saturated rings. The van der Waals surface area contributed by atoms with E-state index in [1.165, 1.54) is 11.7 Å². The zero-order chi connectivity index (χ0) is 17.8. The van der Waals surface area contributed by atoms with Crippen molar-refractivity contribution in [1.82, 2.24) is 19.8 Å². The van der Waals surface area contributed by atoms with Crippen molar-refractivity contribution in [3.05, 3.63) is 70.6 Å². The van der Waals surface area contributed by atoms with E-state index in [1.807, 2.05) is 37.3 Å². The van der Waals surface area contributed by atoms with E-state index in [0.29, 0.717) is 17.8 Å². The standard InChI is InChI=1S/C18H19N5O2/c1-3-16(13-7-5-4-6-8-13)17(24)19-14-9-11-15(12-10-14)23-18(25)22(2)20-21-23/h4-12,16H,3H2,1-2H3,(H,19,24)/t16-/m0/s1. The van der Waals surface area contributed by atoms with E-state index in [0.717, 1.165) is 10.2 Å². The number of benzene rings is 2. The Morgan fingerprint density at radius 1 is 1.08 bits per heavy atom. The lowest BCUT2D eigenvalue weighted by atomic mass is 9.95. The van der Waals surface area contributed by atoms with Gasteiger partial charge in [-0.15, -0.1) is 0 Å². The Morgan fingerprint density at radius 3 is 2.32 bits per heavy atom. The van der Waals surface area contributed by atoms with E-state index in [2.05, 4.69) is 15.7 Å². The molecule has 25 heavy (non-hydrogen) atoms. The summed E-state index contributed by atoms with van der Waals surface area (Å²) in [5.74, 6) is -0.262. The number of aromatic nitrogens is 4. The van der Waals surface area contributed by atoms with Crippen LogP contribution in [-0.4, -0.2) is 25.7 Å². The van der Waals surface area contributed by atoms with Gasteiger partial charge in [-0.05, 0) is 46.7 Å². The highest BCUT2D eigenvalue weighted by Crippen LogP contribution is 2.21. The predicted octanol–water partition coefficient (Wildman–Crippen LogP) is 2.10. The highest BCUT2D eigenvalue weighted by molar-refractivity contribution is 5.95. The molecule has 0 saturated heterocycles. The van der Waals surface area contributed by atoms with Crippen LogP contribution in [0, 0.1) is 0 Å². The molecule has 0 aliphatic rings. The highest BCUT2D eigenvalue weighted by atomic mass is 16.2. The van der Waals surface area contributed by atoms with Crippen molar-refractivity contribution in [2.75, 3.05) is 5.32 Å². The Bertz CT molecular complexity index is 913.